The molecule has 0 aliphatic heterocycles. The van der Waals surface area contributed by atoms with Crippen LogP contribution < -0.4 is 5.32 Å². The van der Waals surface area contributed by atoms with Crippen molar-refractivity contribution in [2.75, 3.05) is 6.54 Å². The Kier molecular flexibility index (Phi) is 4.29. The molecule has 0 aliphatic carbocycles. The van der Waals surface area contributed by atoms with E-state index in [-0.39, 0.29) is 0 Å². The van der Waals surface area contributed by atoms with Crippen LogP contribution in [0.25, 0.3) is 0 Å². The summed E-state index contributed by atoms with van der Waals surface area (Å²) in [6.45, 7) is 5.03. The van der Waals surface area contributed by atoms with Crippen molar-refractivity contribution in [3.05, 3.63) is 46.5 Å². The van der Waals surface area contributed by atoms with Crippen molar-refractivity contribution in [3.63, 3.8) is 0 Å². The Bertz CT molecular complexity index is 277. The minimum Gasteiger partial charge on any atom is -0.309 e. The molecule has 0 saturated heterocycles. The van der Waals surface area contributed by atoms with Crippen LogP contribution in [-0.4, -0.2) is 6.54 Å². The fraction of sp³-hybridized carbons (Fsp3) is 0.200. The van der Waals surface area contributed by atoms with Crippen molar-refractivity contribution in [1.82, 2.24) is 5.32 Å². The van der Waals surface area contributed by atoms with Crippen LogP contribution in [0.2, 0.25) is 10.0 Å². The molecule has 0 fully saturated rings. The van der Waals surface area contributed by atoms with E-state index in [1.807, 2.05) is 18.2 Å². The third-order valence-corrected chi connectivity index (χ3v) is 2.36. The second-order valence-corrected chi connectivity index (χ2v) is 3.43. The predicted octanol–water partition coefficient (Wildman–Crippen LogP) is 3.27. The van der Waals surface area contributed by atoms with Crippen molar-refractivity contribution in [2.24, 2.45) is 0 Å². The molecule has 0 saturated carbocycles. The standard InChI is InChI=1S/C10H11Cl2N/c1-2-6-13-7-8-9(11)4-3-5-10(8)12/h2-5,13H,1,6-7H2. The first-order chi connectivity index (χ1) is 6.25. The van der Waals surface area contributed by atoms with Gasteiger partial charge in [0.1, 0.15) is 0 Å². The monoisotopic (exact) mass is 215 g/mol. The molecular formula is C10H11Cl2N. The van der Waals surface area contributed by atoms with Crippen LogP contribution in [0.4, 0.5) is 0 Å². The maximum atomic E-state index is 5.96. The predicted molar refractivity (Wildman–Crippen MR) is 58.4 cm³/mol. The fourth-order valence-electron chi connectivity index (χ4n) is 1.00. The Balaban J connectivity index is 2.69. The summed E-state index contributed by atoms with van der Waals surface area (Å²) in [5, 5.41) is 4.54. The third kappa shape index (κ3) is 3.03. The Hall–Kier alpha value is -0.500. The van der Waals surface area contributed by atoms with Gasteiger partial charge in [-0.25, -0.2) is 0 Å². The molecule has 3 heteroatoms. The van der Waals surface area contributed by atoms with Gasteiger partial charge in [-0.3, -0.25) is 0 Å². The van der Waals surface area contributed by atoms with E-state index in [2.05, 4.69) is 11.9 Å². The molecule has 1 aromatic rings. The van der Waals surface area contributed by atoms with Gasteiger partial charge in [0.05, 0.1) is 0 Å². The van der Waals surface area contributed by atoms with Crippen LogP contribution in [0.3, 0.4) is 0 Å². The molecule has 70 valence electrons. The Morgan fingerprint density at radius 1 is 1.31 bits per heavy atom. The van der Waals surface area contributed by atoms with Gasteiger partial charge in [-0.1, -0.05) is 35.3 Å². The molecular weight excluding hydrogens is 205 g/mol. The Morgan fingerprint density at radius 3 is 2.46 bits per heavy atom. The molecule has 0 bridgehead atoms. The van der Waals surface area contributed by atoms with E-state index in [1.165, 1.54) is 0 Å². The van der Waals surface area contributed by atoms with E-state index in [0.717, 1.165) is 12.1 Å². The van der Waals surface area contributed by atoms with Crippen molar-refractivity contribution >= 4 is 23.2 Å². The van der Waals surface area contributed by atoms with E-state index in [1.54, 1.807) is 6.08 Å². The zero-order valence-electron chi connectivity index (χ0n) is 7.19. The zero-order valence-corrected chi connectivity index (χ0v) is 8.70. The molecule has 0 aliphatic rings. The van der Waals surface area contributed by atoms with E-state index in [0.29, 0.717) is 16.6 Å². The van der Waals surface area contributed by atoms with Gasteiger partial charge < -0.3 is 5.32 Å². The van der Waals surface area contributed by atoms with Gasteiger partial charge in [-0.15, -0.1) is 6.58 Å². The number of halogens is 2. The highest BCUT2D eigenvalue weighted by Gasteiger charge is 2.03. The summed E-state index contributed by atoms with van der Waals surface area (Å²) in [7, 11) is 0. The summed E-state index contributed by atoms with van der Waals surface area (Å²) in [4.78, 5) is 0. The maximum Gasteiger partial charge on any atom is 0.0465 e. The van der Waals surface area contributed by atoms with Crippen LogP contribution in [-0.2, 0) is 6.54 Å². The molecule has 1 N–H and O–H groups in total. The number of hydrogen-bond acceptors (Lipinski definition) is 1. The van der Waals surface area contributed by atoms with E-state index in [9.17, 15) is 0 Å². The number of hydrogen-bond donors (Lipinski definition) is 1. The van der Waals surface area contributed by atoms with Crippen LogP contribution in [0.5, 0.6) is 0 Å². The summed E-state index contributed by atoms with van der Waals surface area (Å²) in [5.41, 5.74) is 0.938. The molecule has 1 rings (SSSR count). The lowest BCUT2D eigenvalue weighted by atomic mass is 10.2. The highest BCUT2D eigenvalue weighted by Crippen LogP contribution is 2.23. The minimum atomic E-state index is 0.671. The van der Waals surface area contributed by atoms with Crippen molar-refractivity contribution < 1.29 is 0 Å². The number of nitrogens with one attached hydrogen (secondary N) is 1. The second kappa shape index (κ2) is 5.28. The van der Waals surface area contributed by atoms with Gasteiger partial charge in [-0.05, 0) is 12.1 Å². The molecule has 1 aromatic carbocycles. The third-order valence-electron chi connectivity index (χ3n) is 1.65. The van der Waals surface area contributed by atoms with Crippen LogP contribution in [0, 0.1) is 0 Å². The topological polar surface area (TPSA) is 12.0 Å². The summed E-state index contributed by atoms with van der Waals surface area (Å²) in [6, 6.07) is 5.50. The summed E-state index contributed by atoms with van der Waals surface area (Å²) in [5.74, 6) is 0. The van der Waals surface area contributed by atoms with E-state index >= 15 is 0 Å². The number of rotatable bonds is 4. The van der Waals surface area contributed by atoms with E-state index < -0.39 is 0 Å². The van der Waals surface area contributed by atoms with Gasteiger partial charge in [-0.2, -0.15) is 0 Å². The normalized spacial score (nSPS) is 10.0. The Morgan fingerprint density at radius 2 is 1.92 bits per heavy atom. The smallest absolute Gasteiger partial charge is 0.0465 e. The van der Waals surface area contributed by atoms with Gasteiger partial charge in [0.15, 0.2) is 0 Å². The van der Waals surface area contributed by atoms with Crippen molar-refractivity contribution in [3.8, 4) is 0 Å². The van der Waals surface area contributed by atoms with Gasteiger partial charge in [0.2, 0.25) is 0 Å². The lowest BCUT2D eigenvalue weighted by Crippen LogP contribution is -2.13. The molecule has 0 aromatic heterocycles. The molecule has 0 atom stereocenters. The summed E-state index contributed by atoms with van der Waals surface area (Å²) < 4.78 is 0. The minimum absolute atomic E-state index is 0.671. The SMILES string of the molecule is C=CCNCc1c(Cl)cccc1Cl. The molecule has 0 radical (unpaired) electrons. The molecule has 0 heterocycles. The van der Waals surface area contributed by atoms with Crippen LogP contribution in [0.15, 0.2) is 30.9 Å². The van der Waals surface area contributed by atoms with Gasteiger partial charge >= 0.3 is 0 Å². The van der Waals surface area contributed by atoms with Crippen molar-refractivity contribution in [1.29, 1.82) is 0 Å². The summed E-state index contributed by atoms with van der Waals surface area (Å²) >= 11 is 11.9. The first kappa shape index (κ1) is 10.6. The second-order valence-electron chi connectivity index (χ2n) is 2.62. The molecule has 0 unspecified atom stereocenters. The Labute approximate surface area is 88.4 Å². The van der Waals surface area contributed by atoms with Gasteiger partial charge in [0.25, 0.3) is 0 Å². The highest BCUT2D eigenvalue weighted by atomic mass is 35.5. The van der Waals surface area contributed by atoms with Crippen LogP contribution in [0.1, 0.15) is 5.56 Å². The zero-order chi connectivity index (χ0) is 9.68. The molecule has 0 spiro atoms. The van der Waals surface area contributed by atoms with Crippen molar-refractivity contribution in [2.45, 2.75) is 6.54 Å². The first-order valence-electron chi connectivity index (χ1n) is 4.00. The average Bonchev–Trinajstić information content (AvgIpc) is 2.10. The average molecular weight is 216 g/mol. The molecule has 13 heavy (non-hydrogen) atoms. The first-order valence-corrected chi connectivity index (χ1v) is 4.76. The molecule has 0 amide bonds. The van der Waals surface area contributed by atoms with Gasteiger partial charge in [0, 0.05) is 28.7 Å². The maximum absolute atomic E-state index is 5.96. The lowest BCUT2D eigenvalue weighted by molar-refractivity contribution is 0.761. The fourth-order valence-corrected chi connectivity index (χ4v) is 1.53. The molecule has 1 nitrogen and oxygen atoms in total. The van der Waals surface area contributed by atoms with Crippen LogP contribution >= 0.6 is 23.2 Å². The van der Waals surface area contributed by atoms with E-state index in [4.69, 9.17) is 23.2 Å². The highest BCUT2D eigenvalue weighted by molar-refractivity contribution is 6.35. The lowest BCUT2D eigenvalue weighted by Gasteiger charge is -2.06. The summed E-state index contributed by atoms with van der Waals surface area (Å²) in [6.07, 6.45) is 1.80. The quantitative estimate of drug-likeness (QED) is 0.601. The number of benzene rings is 1. The largest absolute Gasteiger partial charge is 0.309 e.